The second kappa shape index (κ2) is 8.10. The summed E-state index contributed by atoms with van der Waals surface area (Å²) < 4.78 is 5.10. The van der Waals surface area contributed by atoms with Crippen LogP contribution < -0.4 is 0 Å². The molecule has 0 aromatic carbocycles. The Morgan fingerprint density at radius 2 is 2.05 bits per heavy atom. The Morgan fingerprint density at radius 1 is 1.38 bits per heavy atom. The lowest BCUT2D eigenvalue weighted by atomic mass is 10.0. The van der Waals surface area contributed by atoms with Gasteiger partial charge in [0, 0.05) is 58.6 Å². The number of nitrogens with zero attached hydrogens (tertiary/aromatic N) is 3. The van der Waals surface area contributed by atoms with E-state index in [9.17, 15) is 4.79 Å². The van der Waals surface area contributed by atoms with E-state index in [0.29, 0.717) is 19.2 Å². The zero-order chi connectivity index (χ0) is 15.1. The second-order valence-corrected chi connectivity index (χ2v) is 5.57. The lowest BCUT2D eigenvalue weighted by molar-refractivity contribution is -0.132. The fraction of sp³-hybridized carbons (Fsp3) is 0.625. The first-order chi connectivity index (χ1) is 10.2. The van der Waals surface area contributed by atoms with Gasteiger partial charge in [-0.05, 0) is 30.5 Å². The van der Waals surface area contributed by atoms with Crippen LogP contribution in [0.3, 0.4) is 0 Å². The summed E-state index contributed by atoms with van der Waals surface area (Å²) in [6.45, 7) is 5.98. The number of ether oxygens (including phenoxy) is 1. The Labute approximate surface area is 126 Å². The summed E-state index contributed by atoms with van der Waals surface area (Å²) in [5.74, 6) is 0.152. The van der Waals surface area contributed by atoms with Gasteiger partial charge in [0.2, 0.25) is 5.91 Å². The summed E-state index contributed by atoms with van der Waals surface area (Å²) >= 11 is 0. The van der Waals surface area contributed by atoms with Gasteiger partial charge < -0.3 is 9.64 Å². The highest BCUT2D eigenvalue weighted by Crippen LogP contribution is 2.18. The zero-order valence-electron chi connectivity index (χ0n) is 13.0. The highest BCUT2D eigenvalue weighted by molar-refractivity contribution is 5.73. The third-order valence-corrected chi connectivity index (χ3v) is 4.09. The highest BCUT2D eigenvalue weighted by Gasteiger charge is 2.25. The third-order valence-electron chi connectivity index (χ3n) is 4.09. The van der Waals surface area contributed by atoms with E-state index in [0.717, 1.165) is 32.5 Å². The number of hydrogen-bond donors (Lipinski definition) is 0. The quantitative estimate of drug-likeness (QED) is 0.797. The number of aromatic nitrogens is 1. The maximum absolute atomic E-state index is 11.8. The molecule has 2 rings (SSSR count). The first kappa shape index (κ1) is 15.9. The zero-order valence-corrected chi connectivity index (χ0v) is 13.0. The van der Waals surface area contributed by atoms with Gasteiger partial charge in [0.05, 0.1) is 6.61 Å². The van der Waals surface area contributed by atoms with E-state index in [1.165, 1.54) is 5.56 Å². The average Bonchev–Trinajstić information content (AvgIpc) is 2.50. The van der Waals surface area contributed by atoms with Crippen LogP contribution in [0.15, 0.2) is 24.5 Å². The number of carbonyl (C=O) groups excluding carboxylic acids is 1. The molecule has 0 radical (unpaired) electrons. The molecule has 21 heavy (non-hydrogen) atoms. The minimum Gasteiger partial charge on any atom is -0.383 e. The maximum Gasteiger partial charge on any atom is 0.219 e. The molecule has 0 unspecified atom stereocenters. The Hall–Kier alpha value is -1.46. The summed E-state index contributed by atoms with van der Waals surface area (Å²) in [4.78, 5) is 20.2. The Morgan fingerprint density at radius 3 is 2.62 bits per heavy atom. The smallest absolute Gasteiger partial charge is 0.219 e. The van der Waals surface area contributed by atoms with Crippen molar-refractivity contribution < 1.29 is 9.53 Å². The fourth-order valence-electron chi connectivity index (χ4n) is 2.92. The number of piperidine rings is 1. The van der Waals surface area contributed by atoms with Crippen molar-refractivity contribution in [1.82, 2.24) is 14.8 Å². The van der Waals surface area contributed by atoms with Crippen LogP contribution in [0.25, 0.3) is 0 Å². The van der Waals surface area contributed by atoms with Crippen LogP contribution in [-0.4, -0.2) is 60.1 Å². The molecule has 1 aliphatic rings. The third kappa shape index (κ3) is 4.79. The fourth-order valence-corrected chi connectivity index (χ4v) is 2.92. The number of amides is 1. The van der Waals surface area contributed by atoms with Crippen molar-refractivity contribution in [3.05, 3.63) is 30.1 Å². The van der Waals surface area contributed by atoms with Crippen molar-refractivity contribution in [2.75, 3.05) is 33.4 Å². The molecule has 0 aliphatic carbocycles. The molecular weight excluding hydrogens is 266 g/mol. The SMILES string of the molecule is COCCN(C(C)=O)C1CCN(Cc2ccncc2)CC1. The van der Waals surface area contributed by atoms with Crippen LogP contribution in [-0.2, 0) is 16.1 Å². The number of hydrogen-bond acceptors (Lipinski definition) is 4. The van der Waals surface area contributed by atoms with Crippen molar-refractivity contribution >= 4 is 5.91 Å². The molecule has 1 aromatic heterocycles. The van der Waals surface area contributed by atoms with Crippen molar-refractivity contribution in [3.8, 4) is 0 Å². The van der Waals surface area contributed by atoms with Gasteiger partial charge in [0.25, 0.3) is 0 Å². The van der Waals surface area contributed by atoms with Crippen molar-refractivity contribution in [3.63, 3.8) is 0 Å². The van der Waals surface area contributed by atoms with Crippen LogP contribution in [0.1, 0.15) is 25.3 Å². The number of likely N-dealkylation sites (tertiary alicyclic amines) is 1. The van der Waals surface area contributed by atoms with Crippen molar-refractivity contribution in [2.45, 2.75) is 32.4 Å². The van der Waals surface area contributed by atoms with Gasteiger partial charge in [-0.1, -0.05) is 0 Å². The van der Waals surface area contributed by atoms with E-state index in [-0.39, 0.29) is 5.91 Å². The normalized spacial score (nSPS) is 16.9. The minimum atomic E-state index is 0.152. The van der Waals surface area contributed by atoms with Gasteiger partial charge in [-0.3, -0.25) is 14.7 Å². The number of pyridine rings is 1. The van der Waals surface area contributed by atoms with E-state index < -0.39 is 0 Å². The molecule has 0 N–H and O–H groups in total. The molecule has 0 saturated carbocycles. The van der Waals surface area contributed by atoms with Gasteiger partial charge in [0.1, 0.15) is 0 Å². The predicted octanol–water partition coefficient (Wildman–Crippen LogP) is 1.54. The predicted molar refractivity (Wildman–Crippen MR) is 81.8 cm³/mol. The van der Waals surface area contributed by atoms with E-state index in [1.54, 1.807) is 14.0 Å². The van der Waals surface area contributed by atoms with E-state index >= 15 is 0 Å². The summed E-state index contributed by atoms with van der Waals surface area (Å²) in [7, 11) is 1.68. The van der Waals surface area contributed by atoms with Crippen molar-refractivity contribution in [2.24, 2.45) is 0 Å². The Bertz CT molecular complexity index is 430. The van der Waals surface area contributed by atoms with Crippen LogP contribution in [0, 0.1) is 0 Å². The molecule has 0 bridgehead atoms. The minimum absolute atomic E-state index is 0.152. The molecule has 116 valence electrons. The van der Waals surface area contributed by atoms with E-state index in [1.807, 2.05) is 17.3 Å². The molecule has 0 spiro atoms. The molecule has 5 nitrogen and oxygen atoms in total. The molecule has 1 aliphatic heterocycles. The first-order valence-electron chi connectivity index (χ1n) is 7.58. The van der Waals surface area contributed by atoms with Crippen LogP contribution in [0.2, 0.25) is 0 Å². The Balaban J connectivity index is 1.82. The molecule has 2 heterocycles. The summed E-state index contributed by atoms with van der Waals surface area (Å²) in [6, 6.07) is 4.48. The first-order valence-corrected chi connectivity index (χ1v) is 7.58. The second-order valence-electron chi connectivity index (χ2n) is 5.57. The number of carbonyl (C=O) groups is 1. The van der Waals surface area contributed by atoms with Gasteiger partial charge in [-0.15, -0.1) is 0 Å². The highest BCUT2D eigenvalue weighted by atomic mass is 16.5. The summed E-state index contributed by atoms with van der Waals surface area (Å²) in [5, 5.41) is 0. The molecule has 1 fully saturated rings. The molecule has 0 atom stereocenters. The largest absolute Gasteiger partial charge is 0.383 e. The summed E-state index contributed by atoms with van der Waals surface area (Å²) in [6.07, 6.45) is 5.75. The lowest BCUT2D eigenvalue weighted by Gasteiger charge is -2.38. The standard InChI is InChI=1S/C16H25N3O2/c1-14(20)19(11-12-21-2)16-5-9-18(10-6-16)13-15-3-7-17-8-4-15/h3-4,7-8,16H,5-6,9-13H2,1-2H3. The monoisotopic (exact) mass is 291 g/mol. The van der Waals surface area contributed by atoms with Gasteiger partial charge in [0.15, 0.2) is 0 Å². The summed E-state index contributed by atoms with van der Waals surface area (Å²) in [5.41, 5.74) is 1.30. The van der Waals surface area contributed by atoms with E-state index in [2.05, 4.69) is 22.0 Å². The molecular formula is C16H25N3O2. The van der Waals surface area contributed by atoms with Gasteiger partial charge >= 0.3 is 0 Å². The van der Waals surface area contributed by atoms with Crippen LogP contribution >= 0.6 is 0 Å². The molecule has 5 heteroatoms. The lowest BCUT2D eigenvalue weighted by Crippen LogP contribution is -2.47. The molecule has 1 saturated heterocycles. The molecule has 1 amide bonds. The van der Waals surface area contributed by atoms with Gasteiger partial charge in [-0.2, -0.15) is 0 Å². The maximum atomic E-state index is 11.8. The van der Waals surface area contributed by atoms with Crippen LogP contribution in [0.4, 0.5) is 0 Å². The topological polar surface area (TPSA) is 45.7 Å². The van der Waals surface area contributed by atoms with Gasteiger partial charge in [-0.25, -0.2) is 0 Å². The van der Waals surface area contributed by atoms with E-state index in [4.69, 9.17) is 4.74 Å². The molecule has 1 aromatic rings. The average molecular weight is 291 g/mol. The van der Waals surface area contributed by atoms with Crippen molar-refractivity contribution in [1.29, 1.82) is 0 Å². The Kier molecular flexibility index (Phi) is 6.14. The number of methoxy groups -OCH3 is 1. The van der Waals surface area contributed by atoms with Crippen LogP contribution in [0.5, 0.6) is 0 Å². The number of rotatable bonds is 6.